The van der Waals surface area contributed by atoms with Gasteiger partial charge in [-0.3, -0.25) is 4.79 Å². The summed E-state index contributed by atoms with van der Waals surface area (Å²) in [4.78, 5) is 12.3. The standard InChI is InChI=1S/C12H11BrClFOS2/c1-6-12(18-5-4-17-6)11(16)7-2-3-8(13)9(14)10(7)15/h2-3,6,12H,4-5H2,1H3. The first-order valence-electron chi connectivity index (χ1n) is 5.43. The molecule has 6 heteroatoms. The average molecular weight is 370 g/mol. The number of benzene rings is 1. The van der Waals surface area contributed by atoms with Crippen LogP contribution >= 0.6 is 51.1 Å². The van der Waals surface area contributed by atoms with Crippen LogP contribution in [0.15, 0.2) is 16.6 Å². The number of hydrogen-bond donors (Lipinski definition) is 0. The lowest BCUT2D eigenvalue weighted by molar-refractivity contribution is 0.0985. The molecule has 2 unspecified atom stereocenters. The molecule has 0 bridgehead atoms. The van der Waals surface area contributed by atoms with Gasteiger partial charge in [-0.1, -0.05) is 18.5 Å². The maximum Gasteiger partial charge on any atom is 0.179 e. The molecule has 1 aromatic rings. The van der Waals surface area contributed by atoms with Gasteiger partial charge in [0.2, 0.25) is 0 Å². The lowest BCUT2D eigenvalue weighted by atomic mass is 10.1. The van der Waals surface area contributed by atoms with E-state index < -0.39 is 5.82 Å². The van der Waals surface area contributed by atoms with Gasteiger partial charge in [-0.25, -0.2) is 4.39 Å². The normalized spacial score (nSPS) is 24.0. The molecule has 1 aliphatic rings. The quantitative estimate of drug-likeness (QED) is 0.557. The number of hydrogen-bond acceptors (Lipinski definition) is 3. The minimum atomic E-state index is -0.626. The van der Waals surface area contributed by atoms with Gasteiger partial charge < -0.3 is 0 Å². The van der Waals surface area contributed by atoms with E-state index in [1.807, 2.05) is 6.92 Å². The van der Waals surface area contributed by atoms with Gasteiger partial charge in [0, 0.05) is 21.2 Å². The van der Waals surface area contributed by atoms with Crippen LogP contribution < -0.4 is 0 Å². The van der Waals surface area contributed by atoms with E-state index in [0.29, 0.717) is 4.47 Å². The monoisotopic (exact) mass is 368 g/mol. The highest BCUT2D eigenvalue weighted by Gasteiger charge is 2.31. The minimum absolute atomic E-state index is 0.0260. The Morgan fingerprint density at radius 3 is 2.78 bits per heavy atom. The summed E-state index contributed by atoms with van der Waals surface area (Å²) >= 11 is 12.3. The van der Waals surface area contributed by atoms with Crippen molar-refractivity contribution in [1.82, 2.24) is 0 Å². The van der Waals surface area contributed by atoms with Crippen LogP contribution in [-0.2, 0) is 0 Å². The van der Waals surface area contributed by atoms with Crippen LogP contribution in [0.4, 0.5) is 4.39 Å². The first kappa shape index (κ1) is 14.7. The zero-order valence-corrected chi connectivity index (χ0v) is 13.6. The molecule has 0 saturated carbocycles. The van der Waals surface area contributed by atoms with Crippen molar-refractivity contribution in [2.45, 2.75) is 17.4 Å². The molecule has 1 aromatic carbocycles. The third-order valence-electron chi connectivity index (χ3n) is 2.75. The van der Waals surface area contributed by atoms with Crippen LogP contribution in [0.25, 0.3) is 0 Å². The molecule has 98 valence electrons. The second kappa shape index (κ2) is 6.16. The van der Waals surface area contributed by atoms with Crippen molar-refractivity contribution in [3.05, 3.63) is 33.0 Å². The van der Waals surface area contributed by atoms with E-state index in [0.717, 1.165) is 11.5 Å². The summed E-state index contributed by atoms with van der Waals surface area (Å²) in [7, 11) is 0. The molecule has 0 spiro atoms. The predicted octanol–water partition coefficient (Wildman–Crippen LogP) is 4.66. The third-order valence-corrected chi connectivity index (χ3v) is 7.10. The van der Waals surface area contributed by atoms with Crippen molar-refractivity contribution in [2.24, 2.45) is 0 Å². The summed E-state index contributed by atoms with van der Waals surface area (Å²) in [5.74, 6) is 1.18. The summed E-state index contributed by atoms with van der Waals surface area (Å²) in [5, 5.41) is -0.00414. The summed E-state index contributed by atoms with van der Waals surface area (Å²) in [6, 6.07) is 3.12. The summed E-state index contributed by atoms with van der Waals surface area (Å²) < 4.78 is 14.5. The zero-order chi connectivity index (χ0) is 13.3. The maximum atomic E-state index is 14.0. The lowest BCUT2D eigenvalue weighted by Crippen LogP contribution is -2.31. The molecule has 1 heterocycles. The van der Waals surface area contributed by atoms with Crippen molar-refractivity contribution in [2.75, 3.05) is 11.5 Å². The van der Waals surface area contributed by atoms with Crippen molar-refractivity contribution < 1.29 is 9.18 Å². The van der Waals surface area contributed by atoms with Gasteiger partial charge >= 0.3 is 0 Å². The number of Topliss-reactive ketones (excluding diaryl/α,β-unsaturated/α-hetero) is 1. The van der Waals surface area contributed by atoms with Crippen LogP contribution in [0.1, 0.15) is 17.3 Å². The molecule has 1 fully saturated rings. The van der Waals surface area contributed by atoms with Crippen LogP contribution in [0.2, 0.25) is 5.02 Å². The highest BCUT2D eigenvalue weighted by Crippen LogP contribution is 2.35. The second-order valence-electron chi connectivity index (χ2n) is 3.95. The van der Waals surface area contributed by atoms with Crippen molar-refractivity contribution in [1.29, 1.82) is 0 Å². The molecule has 1 nitrogen and oxygen atoms in total. The highest BCUT2D eigenvalue weighted by atomic mass is 79.9. The molecule has 0 amide bonds. The molecule has 0 N–H and O–H groups in total. The molecule has 0 aliphatic carbocycles. The Bertz CT molecular complexity index is 483. The number of thioether (sulfide) groups is 2. The Labute approximate surface area is 127 Å². The zero-order valence-electron chi connectivity index (χ0n) is 9.58. The molecule has 2 rings (SSSR count). The molecule has 1 aliphatic heterocycles. The van der Waals surface area contributed by atoms with Crippen LogP contribution in [0, 0.1) is 5.82 Å². The Kier molecular flexibility index (Phi) is 5.03. The molecular weight excluding hydrogens is 359 g/mol. The van der Waals surface area contributed by atoms with Crippen molar-refractivity contribution in [3.8, 4) is 0 Å². The van der Waals surface area contributed by atoms with Crippen LogP contribution in [0.3, 0.4) is 0 Å². The molecule has 0 radical (unpaired) electrons. The fourth-order valence-electron chi connectivity index (χ4n) is 1.79. The molecule has 0 aromatic heterocycles. The van der Waals surface area contributed by atoms with E-state index >= 15 is 0 Å². The third kappa shape index (κ3) is 2.89. The topological polar surface area (TPSA) is 17.1 Å². The van der Waals surface area contributed by atoms with Crippen LogP contribution in [-0.4, -0.2) is 27.8 Å². The molecular formula is C12H11BrClFOS2. The van der Waals surface area contributed by atoms with Gasteiger partial charge in [0.15, 0.2) is 11.6 Å². The SMILES string of the molecule is CC1SCCSC1C(=O)c1ccc(Br)c(Cl)c1F. The Hall–Kier alpha value is 0.290. The first-order valence-corrected chi connectivity index (χ1v) is 8.70. The maximum absolute atomic E-state index is 14.0. The summed E-state index contributed by atoms with van der Waals surface area (Å²) in [6.45, 7) is 2.01. The van der Waals surface area contributed by atoms with E-state index in [2.05, 4.69) is 15.9 Å². The Balaban J connectivity index is 2.31. The second-order valence-corrected chi connectivity index (χ2v) is 7.92. The summed E-state index contributed by atoms with van der Waals surface area (Å²) in [6.07, 6.45) is 0. The van der Waals surface area contributed by atoms with E-state index in [9.17, 15) is 9.18 Å². The fraction of sp³-hybridized carbons (Fsp3) is 0.417. The van der Waals surface area contributed by atoms with Crippen molar-refractivity contribution >= 4 is 56.8 Å². The molecule has 18 heavy (non-hydrogen) atoms. The predicted molar refractivity (Wildman–Crippen MR) is 81.6 cm³/mol. The Morgan fingerprint density at radius 2 is 2.11 bits per heavy atom. The Morgan fingerprint density at radius 1 is 1.44 bits per heavy atom. The van der Waals surface area contributed by atoms with Crippen molar-refractivity contribution in [3.63, 3.8) is 0 Å². The van der Waals surface area contributed by atoms with E-state index in [-0.39, 0.29) is 26.9 Å². The van der Waals surface area contributed by atoms with Gasteiger partial charge in [-0.2, -0.15) is 11.8 Å². The largest absolute Gasteiger partial charge is 0.293 e. The van der Waals surface area contributed by atoms with Gasteiger partial charge in [-0.05, 0) is 28.1 Å². The lowest BCUT2D eigenvalue weighted by Gasteiger charge is -2.26. The highest BCUT2D eigenvalue weighted by molar-refractivity contribution is 9.10. The number of carbonyl (C=O) groups excluding carboxylic acids is 1. The molecule has 2 atom stereocenters. The first-order chi connectivity index (χ1) is 8.52. The minimum Gasteiger partial charge on any atom is -0.293 e. The molecule has 1 saturated heterocycles. The van der Waals surface area contributed by atoms with Gasteiger partial charge in [-0.15, -0.1) is 11.8 Å². The van der Waals surface area contributed by atoms with Gasteiger partial charge in [0.05, 0.1) is 15.8 Å². The number of carbonyl (C=O) groups is 1. The van der Waals surface area contributed by atoms with Gasteiger partial charge in [0.25, 0.3) is 0 Å². The summed E-state index contributed by atoms with van der Waals surface area (Å²) in [5.41, 5.74) is 0.0926. The van der Waals surface area contributed by atoms with Crippen LogP contribution in [0.5, 0.6) is 0 Å². The number of rotatable bonds is 2. The fourth-order valence-corrected chi connectivity index (χ4v) is 4.98. The average Bonchev–Trinajstić information content (AvgIpc) is 2.36. The van der Waals surface area contributed by atoms with E-state index in [1.165, 1.54) is 6.07 Å². The van der Waals surface area contributed by atoms with Gasteiger partial charge in [0.1, 0.15) is 0 Å². The number of halogens is 3. The smallest absolute Gasteiger partial charge is 0.179 e. The van der Waals surface area contributed by atoms with E-state index in [4.69, 9.17) is 11.6 Å². The van der Waals surface area contributed by atoms with E-state index in [1.54, 1.807) is 29.6 Å². The number of ketones is 1.